The Morgan fingerprint density at radius 2 is 2.32 bits per heavy atom. The zero-order valence-electron chi connectivity index (χ0n) is 10.7. The predicted molar refractivity (Wildman–Crippen MR) is 86.0 cm³/mol. The molecule has 19 heavy (non-hydrogen) atoms. The maximum Gasteiger partial charge on any atom is 0.0794 e. The number of halogens is 2. The van der Waals surface area contributed by atoms with Gasteiger partial charge >= 0.3 is 0 Å². The van der Waals surface area contributed by atoms with Crippen LogP contribution in [0.4, 0.5) is 0 Å². The Bertz CT molecular complexity index is 516. The molecule has 1 atom stereocenters. The molecule has 5 heteroatoms. The molecule has 102 valence electrons. The molecule has 1 unspecified atom stereocenters. The molecule has 2 rings (SSSR count). The number of nitrogens with zero attached hydrogens (tertiary/aromatic N) is 1. The van der Waals surface area contributed by atoms with Gasteiger partial charge in [0.2, 0.25) is 0 Å². The lowest BCUT2D eigenvalue weighted by atomic mass is 10.0. The lowest BCUT2D eigenvalue weighted by Gasteiger charge is -2.17. The first-order valence-corrected chi connectivity index (χ1v) is 8.31. The van der Waals surface area contributed by atoms with E-state index < -0.39 is 0 Å². The number of rotatable bonds is 6. The minimum atomic E-state index is 0.283. The van der Waals surface area contributed by atoms with Gasteiger partial charge in [0.15, 0.2) is 0 Å². The molecule has 0 fully saturated rings. The summed E-state index contributed by atoms with van der Waals surface area (Å²) in [6, 6.07) is 6.34. The van der Waals surface area contributed by atoms with E-state index >= 15 is 0 Å². The van der Waals surface area contributed by atoms with E-state index in [9.17, 15) is 0 Å². The Morgan fingerprint density at radius 3 is 2.95 bits per heavy atom. The van der Waals surface area contributed by atoms with Gasteiger partial charge in [-0.15, -0.1) is 11.3 Å². The van der Waals surface area contributed by atoms with Crippen molar-refractivity contribution in [3.05, 3.63) is 49.8 Å². The Morgan fingerprint density at radius 1 is 1.47 bits per heavy atom. The summed E-state index contributed by atoms with van der Waals surface area (Å²) in [5.74, 6) is 0. The summed E-state index contributed by atoms with van der Waals surface area (Å²) in [4.78, 5) is 5.42. The monoisotopic (exact) mass is 358 g/mol. The highest BCUT2D eigenvalue weighted by Gasteiger charge is 2.14. The van der Waals surface area contributed by atoms with Gasteiger partial charge in [0.05, 0.1) is 5.51 Å². The predicted octanol–water partition coefficient (Wildman–Crippen LogP) is 4.84. The number of thiazole rings is 1. The molecule has 2 aromatic rings. The van der Waals surface area contributed by atoms with Gasteiger partial charge in [0, 0.05) is 26.6 Å². The lowest BCUT2D eigenvalue weighted by molar-refractivity contribution is 0.536. The molecule has 1 aromatic heterocycles. The van der Waals surface area contributed by atoms with Crippen LogP contribution in [0.2, 0.25) is 5.02 Å². The van der Waals surface area contributed by atoms with E-state index in [4.69, 9.17) is 11.6 Å². The fourth-order valence-electron chi connectivity index (χ4n) is 1.90. The van der Waals surface area contributed by atoms with Crippen LogP contribution < -0.4 is 5.32 Å². The maximum absolute atomic E-state index is 6.30. The standard InChI is InChI=1S/C14H16BrClN2S/c1-2-5-18-13(14-8-17-9-19-14)6-10-3-4-11(15)7-12(10)16/h3-4,7-9,13,18H,2,5-6H2,1H3. The molecule has 0 saturated heterocycles. The molecule has 0 radical (unpaired) electrons. The summed E-state index contributed by atoms with van der Waals surface area (Å²) >= 11 is 11.4. The van der Waals surface area contributed by atoms with Gasteiger partial charge in [-0.3, -0.25) is 4.98 Å². The minimum absolute atomic E-state index is 0.283. The third-order valence-corrected chi connectivity index (χ3v) is 4.61. The van der Waals surface area contributed by atoms with Crippen molar-refractivity contribution in [3.8, 4) is 0 Å². The normalized spacial score (nSPS) is 12.6. The molecule has 0 aliphatic rings. The molecule has 0 saturated carbocycles. The lowest BCUT2D eigenvalue weighted by Crippen LogP contribution is -2.23. The highest BCUT2D eigenvalue weighted by molar-refractivity contribution is 9.10. The minimum Gasteiger partial charge on any atom is -0.309 e. The molecule has 1 aromatic carbocycles. The van der Waals surface area contributed by atoms with Gasteiger partial charge in [-0.05, 0) is 37.1 Å². The van der Waals surface area contributed by atoms with Crippen molar-refractivity contribution < 1.29 is 0 Å². The Labute approximate surface area is 131 Å². The van der Waals surface area contributed by atoms with Crippen molar-refractivity contribution in [1.29, 1.82) is 0 Å². The van der Waals surface area contributed by atoms with E-state index in [1.165, 1.54) is 4.88 Å². The van der Waals surface area contributed by atoms with Gasteiger partial charge in [-0.25, -0.2) is 0 Å². The SMILES string of the molecule is CCCNC(Cc1ccc(Br)cc1Cl)c1cncs1. The summed E-state index contributed by atoms with van der Waals surface area (Å²) in [5.41, 5.74) is 3.03. The number of aromatic nitrogens is 1. The van der Waals surface area contributed by atoms with E-state index in [1.807, 2.05) is 23.8 Å². The van der Waals surface area contributed by atoms with Crippen LogP contribution in [-0.2, 0) is 6.42 Å². The smallest absolute Gasteiger partial charge is 0.0794 e. The zero-order valence-corrected chi connectivity index (χ0v) is 13.9. The highest BCUT2D eigenvalue weighted by atomic mass is 79.9. The van der Waals surface area contributed by atoms with E-state index in [-0.39, 0.29) is 6.04 Å². The molecule has 1 heterocycles. The number of nitrogens with one attached hydrogen (secondary N) is 1. The van der Waals surface area contributed by atoms with Gasteiger partial charge < -0.3 is 5.32 Å². The largest absolute Gasteiger partial charge is 0.309 e. The molecule has 0 amide bonds. The fraction of sp³-hybridized carbons (Fsp3) is 0.357. The molecule has 1 N–H and O–H groups in total. The van der Waals surface area contributed by atoms with Crippen molar-refractivity contribution in [1.82, 2.24) is 10.3 Å². The van der Waals surface area contributed by atoms with Crippen LogP contribution >= 0.6 is 38.9 Å². The second kappa shape index (κ2) is 7.39. The van der Waals surface area contributed by atoms with Gasteiger partial charge in [-0.1, -0.05) is 40.5 Å². The number of hydrogen-bond acceptors (Lipinski definition) is 3. The quantitative estimate of drug-likeness (QED) is 0.798. The van der Waals surface area contributed by atoms with Crippen LogP contribution in [0, 0.1) is 0 Å². The van der Waals surface area contributed by atoms with Gasteiger partial charge in [-0.2, -0.15) is 0 Å². The van der Waals surface area contributed by atoms with Crippen LogP contribution in [0.25, 0.3) is 0 Å². The molecule has 2 nitrogen and oxygen atoms in total. The third kappa shape index (κ3) is 4.28. The van der Waals surface area contributed by atoms with Crippen LogP contribution in [-0.4, -0.2) is 11.5 Å². The summed E-state index contributed by atoms with van der Waals surface area (Å²) < 4.78 is 1.01. The molecule has 0 aliphatic carbocycles. The number of hydrogen-bond donors (Lipinski definition) is 1. The first-order chi connectivity index (χ1) is 9.20. The third-order valence-electron chi connectivity index (χ3n) is 2.87. The van der Waals surface area contributed by atoms with E-state index in [1.54, 1.807) is 11.3 Å². The highest BCUT2D eigenvalue weighted by Crippen LogP contribution is 2.27. The van der Waals surface area contributed by atoms with E-state index in [0.29, 0.717) is 0 Å². The first kappa shape index (κ1) is 15.0. The molecular formula is C14H16BrClN2S. The Kier molecular flexibility index (Phi) is 5.82. The summed E-state index contributed by atoms with van der Waals surface area (Å²) in [6.45, 7) is 3.17. The average Bonchev–Trinajstić information content (AvgIpc) is 2.90. The topological polar surface area (TPSA) is 24.9 Å². The van der Waals surface area contributed by atoms with Crippen LogP contribution in [0.1, 0.15) is 29.8 Å². The van der Waals surface area contributed by atoms with Crippen molar-refractivity contribution in [2.24, 2.45) is 0 Å². The molecule has 0 aliphatic heterocycles. The maximum atomic E-state index is 6.30. The van der Waals surface area contributed by atoms with Crippen molar-refractivity contribution >= 4 is 38.9 Å². The molecular weight excluding hydrogens is 344 g/mol. The Hall–Kier alpha value is -0.420. The van der Waals surface area contributed by atoms with Crippen molar-refractivity contribution in [3.63, 3.8) is 0 Å². The van der Waals surface area contributed by atoms with Crippen molar-refractivity contribution in [2.45, 2.75) is 25.8 Å². The zero-order chi connectivity index (χ0) is 13.7. The summed E-state index contributed by atoms with van der Waals surface area (Å²) in [5, 5.41) is 4.37. The first-order valence-electron chi connectivity index (χ1n) is 6.26. The van der Waals surface area contributed by atoms with Crippen LogP contribution in [0.15, 0.2) is 34.4 Å². The van der Waals surface area contributed by atoms with Crippen LogP contribution in [0.3, 0.4) is 0 Å². The number of benzene rings is 1. The van der Waals surface area contributed by atoms with E-state index in [2.05, 4.69) is 39.2 Å². The summed E-state index contributed by atoms with van der Waals surface area (Å²) in [7, 11) is 0. The second-order valence-electron chi connectivity index (χ2n) is 4.35. The van der Waals surface area contributed by atoms with Crippen molar-refractivity contribution in [2.75, 3.05) is 6.54 Å². The fourth-order valence-corrected chi connectivity index (χ4v) is 3.34. The molecule has 0 bridgehead atoms. The van der Waals surface area contributed by atoms with E-state index in [0.717, 1.165) is 34.4 Å². The van der Waals surface area contributed by atoms with Gasteiger partial charge in [0.1, 0.15) is 0 Å². The van der Waals surface area contributed by atoms with Gasteiger partial charge in [0.25, 0.3) is 0 Å². The summed E-state index contributed by atoms with van der Waals surface area (Å²) in [6.07, 6.45) is 3.93. The molecule has 0 spiro atoms. The van der Waals surface area contributed by atoms with Crippen LogP contribution in [0.5, 0.6) is 0 Å². The second-order valence-corrected chi connectivity index (χ2v) is 6.59. The average molecular weight is 360 g/mol. The Balaban J connectivity index is 2.15.